The van der Waals surface area contributed by atoms with Gasteiger partial charge < -0.3 is 15.0 Å². The molecule has 0 aliphatic heterocycles. The van der Waals surface area contributed by atoms with Crippen molar-refractivity contribution in [3.8, 4) is 17.1 Å². The van der Waals surface area contributed by atoms with E-state index < -0.39 is 0 Å². The van der Waals surface area contributed by atoms with E-state index in [-0.39, 0.29) is 0 Å². The summed E-state index contributed by atoms with van der Waals surface area (Å²) in [7, 11) is 1.65. The molecule has 5 nitrogen and oxygen atoms in total. The van der Waals surface area contributed by atoms with Gasteiger partial charge in [0.2, 0.25) is 0 Å². The van der Waals surface area contributed by atoms with Gasteiger partial charge in [0, 0.05) is 30.6 Å². The number of anilines is 1. The Morgan fingerprint density at radius 1 is 1.25 bits per heavy atom. The lowest BCUT2D eigenvalue weighted by atomic mass is 10.2. The van der Waals surface area contributed by atoms with Gasteiger partial charge in [0.1, 0.15) is 11.6 Å². The maximum Gasteiger partial charge on any atom is 0.142 e. The summed E-state index contributed by atoms with van der Waals surface area (Å²) in [5, 5.41) is 0. The summed E-state index contributed by atoms with van der Waals surface area (Å²) in [4.78, 5) is 8.83. The molecule has 0 unspecified atom stereocenters. The van der Waals surface area contributed by atoms with Gasteiger partial charge in [-0.05, 0) is 25.1 Å². The standard InChI is InChI=1S/C15H16N4O/c1-3-19-14-5-4-12(20-2)7-13(14)18-15(19)10-6-11(16)9-17-8-10/h4-9H,3,16H2,1-2H3. The maximum absolute atomic E-state index is 5.81. The van der Waals surface area contributed by atoms with Gasteiger partial charge in [0.25, 0.3) is 0 Å². The lowest BCUT2D eigenvalue weighted by Crippen LogP contribution is -1.98. The molecule has 0 saturated carbocycles. The second-order valence-corrected chi connectivity index (χ2v) is 4.54. The quantitative estimate of drug-likeness (QED) is 0.793. The van der Waals surface area contributed by atoms with Crippen LogP contribution in [0.25, 0.3) is 22.4 Å². The van der Waals surface area contributed by atoms with Gasteiger partial charge in [-0.3, -0.25) is 4.98 Å². The lowest BCUT2D eigenvalue weighted by Gasteiger charge is -2.06. The molecule has 0 aliphatic rings. The molecule has 0 saturated heterocycles. The molecule has 2 heterocycles. The topological polar surface area (TPSA) is 66.0 Å². The third kappa shape index (κ3) is 1.97. The average molecular weight is 268 g/mol. The van der Waals surface area contributed by atoms with Crippen LogP contribution in [0.1, 0.15) is 6.92 Å². The number of nitrogens with two attached hydrogens (primary N) is 1. The molecule has 0 atom stereocenters. The molecule has 5 heteroatoms. The summed E-state index contributed by atoms with van der Waals surface area (Å²) < 4.78 is 7.39. The molecule has 0 fully saturated rings. The fraction of sp³-hybridized carbons (Fsp3) is 0.200. The first-order valence-electron chi connectivity index (χ1n) is 6.48. The Balaban J connectivity index is 2.24. The number of hydrogen-bond donors (Lipinski definition) is 1. The Hall–Kier alpha value is -2.56. The maximum atomic E-state index is 5.81. The molecule has 2 N–H and O–H groups in total. The molecule has 102 valence electrons. The fourth-order valence-corrected chi connectivity index (χ4v) is 2.36. The van der Waals surface area contributed by atoms with Gasteiger partial charge in [-0.2, -0.15) is 0 Å². The SMILES string of the molecule is CCn1c(-c2cncc(N)c2)nc2cc(OC)ccc21. The van der Waals surface area contributed by atoms with E-state index in [0.717, 1.165) is 34.7 Å². The van der Waals surface area contributed by atoms with Crippen LogP contribution in [0.2, 0.25) is 0 Å². The Labute approximate surface area is 117 Å². The average Bonchev–Trinajstić information content (AvgIpc) is 2.84. The van der Waals surface area contributed by atoms with Crippen LogP contribution in [0.3, 0.4) is 0 Å². The van der Waals surface area contributed by atoms with Crippen LogP contribution in [-0.4, -0.2) is 21.6 Å². The van der Waals surface area contributed by atoms with Crippen LogP contribution in [0.4, 0.5) is 5.69 Å². The summed E-state index contributed by atoms with van der Waals surface area (Å²) in [6.45, 7) is 2.92. The van der Waals surface area contributed by atoms with Gasteiger partial charge in [-0.1, -0.05) is 0 Å². The number of hydrogen-bond acceptors (Lipinski definition) is 4. The Kier molecular flexibility index (Phi) is 3.02. The minimum Gasteiger partial charge on any atom is -0.497 e. The van der Waals surface area contributed by atoms with Crippen LogP contribution in [0.5, 0.6) is 5.75 Å². The second-order valence-electron chi connectivity index (χ2n) is 4.54. The number of ether oxygens (including phenoxy) is 1. The van der Waals surface area contributed by atoms with E-state index in [0.29, 0.717) is 5.69 Å². The molecular formula is C15H16N4O. The van der Waals surface area contributed by atoms with Crippen molar-refractivity contribution in [2.45, 2.75) is 13.5 Å². The zero-order chi connectivity index (χ0) is 14.1. The smallest absolute Gasteiger partial charge is 0.142 e. The highest BCUT2D eigenvalue weighted by Gasteiger charge is 2.12. The Bertz CT molecular complexity index is 764. The summed E-state index contributed by atoms with van der Waals surface area (Å²) in [5.74, 6) is 1.67. The number of aryl methyl sites for hydroxylation is 1. The van der Waals surface area contributed by atoms with E-state index in [9.17, 15) is 0 Å². The van der Waals surface area contributed by atoms with Crippen molar-refractivity contribution >= 4 is 16.7 Å². The van der Waals surface area contributed by atoms with Gasteiger partial charge in [0.05, 0.1) is 23.8 Å². The van der Waals surface area contributed by atoms with Crippen molar-refractivity contribution in [1.82, 2.24) is 14.5 Å². The van der Waals surface area contributed by atoms with Gasteiger partial charge >= 0.3 is 0 Å². The molecule has 0 aliphatic carbocycles. The predicted molar refractivity (Wildman–Crippen MR) is 79.6 cm³/mol. The van der Waals surface area contributed by atoms with E-state index >= 15 is 0 Å². The summed E-state index contributed by atoms with van der Waals surface area (Å²) in [6, 6.07) is 7.79. The zero-order valence-electron chi connectivity index (χ0n) is 11.5. The number of aromatic nitrogens is 3. The largest absolute Gasteiger partial charge is 0.497 e. The second kappa shape index (κ2) is 4.85. The molecule has 3 rings (SSSR count). The molecule has 1 aromatic carbocycles. The number of fused-ring (bicyclic) bond motifs is 1. The van der Waals surface area contributed by atoms with Crippen molar-refractivity contribution < 1.29 is 4.74 Å². The number of nitrogens with zero attached hydrogens (tertiary/aromatic N) is 3. The molecule has 0 spiro atoms. The van der Waals surface area contributed by atoms with E-state index in [1.165, 1.54) is 0 Å². The number of imidazole rings is 1. The molecular weight excluding hydrogens is 252 g/mol. The number of methoxy groups -OCH3 is 1. The minimum absolute atomic E-state index is 0.634. The summed E-state index contributed by atoms with van der Waals surface area (Å²) in [5.41, 5.74) is 9.34. The van der Waals surface area contributed by atoms with Gasteiger partial charge in [0.15, 0.2) is 0 Å². The predicted octanol–water partition coefficient (Wildman–Crippen LogP) is 2.71. The van der Waals surface area contributed by atoms with Crippen molar-refractivity contribution in [2.24, 2.45) is 0 Å². The normalized spacial score (nSPS) is 10.9. The third-order valence-electron chi connectivity index (χ3n) is 3.29. The van der Waals surface area contributed by atoms with Crippen molar-refractivity contribution in [1.29, 1.82) is 0 Å². The molecule has 0 bridgehead atoms. The minimum atomic E-state index is 0.634. The summed E-state index contributed by atoms with van der Waals surface area (Å²) in [6.07, 6.45) is 3.41. The van der Waals surface area contributed by atoms with Crippen molar-refractivity contribution in [3.05, 3.63) is 36.7 Å². The number of rotatable bonds is 3. The van der Waals surface area contributed by atoms with Crippen LogP contribution in [-0.2, 0) is 6.54 Å². The Morgan fingerprint density at radius 3 is 2.80 bits per heavy atom. The molecule has 3 aromatic rings. The first-order valence-corrected chi connectivity index (χ1v) is 6.48. The van der Waals surface area contributed by atoms with Gasteiger partial charge in [-0.15, -0.1) is 0 Å². The highest BCUT2D eigenvalue weighted by atomic mass is 16.5. The van der Waals surface area contributed by atoms with Crippen molar-refractivity contribution in [3.63, 3.8) is 0 Å². The number of pyridine rings is 1. The molecule has 20 heavy (non-hydrogen) atoms. The number of benzene rings is 1. The number of nitrogen functional groups attached to an aromatic ring is 1. The van der Waals surface area contributed by atoms with E-state index in [2.05, 4.69) is 16.5 Å². The molecule has 0 amide bonds. The van der Waals surface area contributed by atoms with Crippen LogP contribution in [0, 0.1) is 0 Å². The fourth-order valence-electron chi connectivity index (χ4n) is 2.36. The van der Waals surface area contributed by atoms with Crippen LogP contribution >= 0.6 is 0 Å². The first-order chi connectivity index (χ1) is 9.72. The lowest BCUT2D eigenvalue weighted by molar-refractivity contribution is 0.415. The highest BCUT2D eigenvalue weighted by molar-refractivity contribution is 5.82. The van der Waals surface area contributed by atoms with Crippen LogP contribution < -0.4 is 10.5 Å². The highest BCUT2D eigenvalue weighted by Crippen LogP contribution is 2.27. The van der Waals surface area contributed by atoms with E-state index in [1.54, 1.807) is 19.5 Å². The van der Waals surface area contributed by atoms with E-state index in [1.807, 2.05) is 24.3 Å². The first kappa shape index (κ1) is 12.5. The molecule has 0 radical (unpaired) electrons. The zero-order valence-corrected chi connectivity index (χ0v) is 11.5. The monoisotopic (exact) mass is 268 g/mol. The van der Waals surface area contributed by atoms with Crippen LogP contribution in [0.15, 0.2) is 36.7 Å². The van der Waals surface area contributed by atoms with Gasteiger partial charge in [-0.25, -0.2) is 4.98 Å². The van der Waals surface area contributed by atoms with E-state index in [4.69, 9.17) is 15.5 Å². The third-order valence-corrected chi connectivity index (χ3v) is 3.29. The molecule has 2 aromatic heterocycles. The summed E-state index contributed by atoms with van der Waals surface area (Å²) >= 11 is 0. The van der Waals surface area contributed by atoms with Crippen molar-refractivity contribution in [2.75, 3.05) is 12.8 Å². The Morgan fingerprint density at radius 2 is 2.10 bits per heavy atom.